The third kappa shape index (κ3) is 4.07. The van der Waals surface area contributed by atoms with Crippen LogP contribution in [-0.2, 0) is 0 Å². The van der Waals surface area contributed by atoms with Crippen LogP contribution in [0.3, 0.4) is 0 Å². The molecule has 0 fully saturated rings. The Balaban J connectivity index is 1.83. The summed E-state index contributed by atoms with van der Waals surface area (Å²) in [6, 6.07) is 9.37. The fraction of sp³-hybridized carbons (Fsp3) is 0.400. The number of H-pyrrole nitrogens is 1. The van der Waals surface area contributed by atoms with Crippen LogP contribution in [-0.4, -0.2) is 26.3 Å². The summed E-state index contributed by atoms with van der Waals surface area (Å²) in [5.74, 6) is 0.912. The number of thioether (sulfide) groups is 1. The first kappa shape index (κ1) is 15.6. The topological polar surface area (TPSA) is 67.8 Å². The van der Waals surface area contributed by atoms with Gasteiger partial charge in [-0.2, -0.15) is 0 Å². The van der Waals surface area contributed by atoms with Crippen molar-refractivity contribution >= 4 is 17.5 Å². The lowest BCUT2D eigenvalue weighted by atomic mass is 10.1. The summed E-state index contributed by atoms with van der Waals surface area (Å²) in [5, 5.41) is 7.16. The van der Waals surface area contributed by atoms with Crippen molar-refractivity contribution in [3.8, 4) is 0 Å². The number of Topliss-reactive ketones (excluding diaryl/α,β-unsaturated/α-hetero) is 1. The van der Waals surface area contributed by atoms with Crippen molar-refractivity contribution in [1.29, 1.82) is 0 Å². The number of benzene rings is 1. The van der Waals surface area contributed by atoms with Gasteiger partial charge in [-0.25, -0.2) is 9.89 Å². The molecule has 21 heavy (non-hydrogen) atoms. The Labute approximate surface area is 127 Å². The lowest BCUT2D eigenvalue weighted by Gasteiger charge is -2.08. The molecule has 2 aromatic rings. The van der Waals surface area contributed by atoms with Gasteiger partial charge >= 0.3 is 5.69 Å². The van der Waals surface area contributed by atoms with Crippen molar-refractivity contribution in [1.82, 2.24) is 14.8 Å². The lowest BCUT2D eigenvalue weighted by Crippen LogP contribution is -2.19. The zero-order valence-electron chi connectivity index (χ0n) is 12.2. The molecule has 0 bridgehead atoms. The van der Waals surface area contributed by atoms with Crippen LogP contribution in [0.1, 0.15) is 43.1 Å². The van der Waals surface area contributed by atoms with Crippen LogP contribution in [0, 0.1) is 0 Å². The number of carbonyl (C=O) groups is 1. The van der Waals surface area contributed by atoms with Crippen molar-refractivity contribution in [3.63, 3.8) is 0 Å². The quantitative estimate of drug-likeness (QED) is 0.485. The monoisotopic (exact) mass is 305 g/mol. The molecule has 0 saturated carbocycles. The Morgan fingerprint density at radius 1 is 1.33 bits per heavy atom. The summed E-state index contributed by atoms with van der Waals surface area (Å²) in [4.78, 5) is 23.5. The Hall–Kier alpha value is -1.82. The normalized spacial score (nSPS) is 11.0. The van der Waals surface area contributed by atoms with Gasteiger partial charge in [-0.15, -0.1) is 5.10 Å². The predicted octanol–water partition coefficient (Wildman–Crippen LogP) is 2.91. The minimum absolute atomic E-state index is 0.0738. The molecular formula is C15H19N3O2S. The Kier molecular flexibility index (Phi) is 5.38. The van der Waals surface area contributed by atoms with E-state index in [9.17, 15) is 9.59 Å². The third-order valence-corrected chi connectivity index (χ3v) is 4.10. The highest BCUT2D eigenvalue weighted by atomic mass is 32.2. The molecule has 0 aliphatic heterocycles. The molecule has 0 aliphatic rings. The minimum Gasteiger partial charge on any atom is -0.294 e. The number of nitrogens with zero attached hydrogens (tertiary/aromatic N) is 2. The number of aromatic nitrogens is 3. The minimum atomic E-state index is -0.187. The number of hydrogen-bond donors (Lipinski definition) is 1. The van der Waals surface area contributed by atoms with E-state index in [1.165, 1.54) is 11.8 Å². The van der Waals surface area contributed by atoms with E-state index in [-0.39, 0.29) is 17.5 Å². The first-order chi connectivity index (χ1) is 10.1. The van der Waals surface area contributed by atoms with Crippen molar-refractivity contribution in [2.45, 2.75) is 37.9 Å². The number of carbonyl (C=O) groups excluding carboxylic acids is 1. The summed E-state index contributed by atoms with van der Waals surface area (Å²) >= 11 is 1.50. The third-order valence-electron chi connectivity index (χ3n) is 3.06. The number of rotatable bonds is 7. The SMILES string of the molecule is CC(C)n1c(SCCCC(=O)c2ccccc2)n[nH]c1=O. The molecule has 0 radical (unpaired) electrons. The summed E-state index contributed by atoms with van der Waals surface area (Å²) < 4.78 is 1.63. The van der Waals surface area contributed by atoms with Gasteiger partial charge in [0.05, 0.1) is 0 Å². The zero-order valence-corrected chi connectivity index (χ0v) is 13.0. The van der Waals surface area contributed by atoms with Gasteiger partial charge in [-0.3, -0.25) is 9.36 Å². The second kappa shape index (κ2) is 7.26. The first-order valence-corrected chi connectivity index (χ1v) is 7.96. The molecule has 0 aliphatic carbocycles. The van der Waals surface area contributed by atoms with Gasteiger partial charge in [-0.1, -0.05) is 42.1 Å². The van der Waals surface area contributed by atoms with E-state index in [1.807, 2.05) is 44.2 Å². The smallest absolute Gasteiger partial charge is 0.294 e. The van der Waals surface area contributed by atoms with E-state index in [1.54, 1.807) is 4.57 Å². The van der Waals surface area contributed by atoms with E-state index in [2.05, 4.69) is 10.2 Å². The maximum absolute atomic E-state index is 11.9. The van der Waals surface area contributed by atoms with Gasteiger partial charge in [0.1, 0.15) is 0 Å². The summed E-state index contributed by atoms with van der Waals surface area (Å²) in [6.45, 7) is 3.89. The number of nitrogens with one attached hydrogen (secondary N) is 1. The van der Waals surface area contributed by atoms with Gasteiger partial charge < -0.3 is 0 Å². The Morgan fingerprint density at radius 3 is 2.71 bits per heavy atom. The highest BCUT2D eigenvalue weighted by Gasteiger charge is 2.12. The molecule has 1 N–H and O–H groups in total. The number of hydrogen-bond acceptors (Lipinski definition) is 4. The molecule has 0 amide bonds. The molecule has 0 saturated heterocycles. The van der Waals surface area contributed by atoms with Gasteiger partial charge in [0.15, 0.2) is 10.9 Å². The van der Waals surface area contributed by atoms with E-state index in [0.29, 0.717) is 11.6 Å². The molecule has 0 unspecified atom stereocenters. The standard InChI is InChI=1S/C15H19N3O2S/c1-11(2)18-14(20)16-17-15(18)21-10-6-9-13(19)12-7-4-3-5-8-12/h3-5,7-8,11H,6,9-10H2,1-2H3,(H,16,20). The maximum atomic E-state index is 11.9. The Morgan fingerprint density at radius 2 is 2.05 bits per heavy atom. The van der Waals surface area contributed by atoms with Crippen molar-refractivity contribution in [2.24, 2.45) is 0 Å². The van der Waals surface area contributed by atoms with Crippen LogP contribution in [0.5, 0.6) is 0 Å². The molecule has 0 spiro atoms. The molecule has 5 nitrogen and oxygen atoms in total. The second-order valence-electron chi connectivity index (χ2n) is 5.02. The first-order valence-electron chi connectivity index (χ1n) is 6.97. The van der Waals surface area contributed by atoms with Gasteiger partial charge in [-0.05, 0) is 20.3 Å². The van der Waals surface area contributed by atoms with Crippen molar-refractivity contribution in [2.75, 3.05) is 5.75 Å². The van der Waals surface area contributed by atoms with Gasteiger partial charge in [0, 0.05) is 23.8 Å². The van der Waals surface area contributed by atoms with Crippen molar-refractivity contribution in [3.05, 3.63) is 46.4 Å². The van der Waals surface area contributed by atoms with E-state index in [4.69, 9.17) is 0 Å². The highest BCUT2D eigenvalue weighted by Crippen LogP contribution is 2.18. The zero-order chi connectivity index (χ0) is 15.2. The number of ketones is 1. The number of aromatic amines is 1. The molecule has 1 aromatic carbocycles. The van der Waals surface area contributed by atoms with Crippen molar-refractivity contribution < 1.29 is 4.79 Å². The lowest BCUT2D eigenvalue weighted by molar-refractivity contribution is 0.0982. The predicted molar refractivity (Wildman–Crippen MR) is 84.0 cm³/mol. The fourth-order valence-corrected chi connectivity index (χ4v) is 3.03. The summed E-state index contributed by atoms with van der Waals surface area (Å²) in [5.41, 5.74) is 0.564. The molecule has 0 atom stereocenters. The molecular weight excluding hydrogens is 286 g/mol. The van der Waals surface area contributed by atoms with Crippen LogP contribution >= 0.6 is 11.8 Å². The van der Waals surface area contributed by atoms with Gasteiger partial charge in [0.2, 0.25) is 0 Å². The highest BCUT2D eigenvalue weighted by molar-refractivity contribution is 7.99. The second-order valence-corrected chi connectivity index (χ2v) is 6.08. The largest absolute Gasteiger partial charge is 0.344 e. The van der Waals surface area contributed by atoms with Crippen LogP contribution in [0.4, 0.5) is 0 Å². The molecule has 6 heteroatoms. The molecule has 112 valence electrons. The molecule has 1 aromatic heterocycles. The summed E-state index contributed by atoms with van der Waals surface area (Å²) in [7, 11) is 0. The summed E-state index contributed by atoms with van der Waals surface area (Å²) in [6.07, 6.45) is 1.27. The van der Waals surface area contributed by atoms with E-state index in [0.717, 1.165) is 17.7 Å². The van der Waals surface area contributed by atoms with Gasteiger partial charge in [0.25, 0.3) is 0 Å². The fourth-order valence-electron chi connectivity index (χ4n) is 2.01. The van der Waals surface area contributed by atoms with E-state index >= 15 is 0 Å². The Bertz CT molecular complexity index is 646. The van der Waals surface area contributed by atoms with Crippen LogP contribution in [0.2, 0.25) is 0 Å². The van der Waals surface area contributed by atoms with E-state index < -0.39 is 0 Å². The average Bonchev–Trinajstić information content (AvgIpc) is 2.85. The molecule has 1 heterocycles. The van der Waals surface area contributed by atoms with Crippen LogP contribution in [0.15, 0.2) is 40.3 Å². The average molecular weight is 305 g/mol. The van der Waals surface area contributed by atoms with Crippen LogP contribution < -0.4 is 5.69 Å². The van der Waals surface area contributed by atoms with Crippen LogP contribution in [0.25, 0.3) is 0 Å². The molecule has 2 rings (SSSR count). The maximum Gasteiger partial charge on any atom is 0.344 e.